The van der Waals surface area contributed by atoms with Gasteiger partial charge in [0, 0.05) is 13.1 Å². The second kappa shape index (κ2) is 7.34. The zero-order valence-electron chi connectivity index (χ0n) is 16.1. The van der Waals surface area contributed by atoms with E-state index in [1.807, 2.05) is 0 Å². The van der Waals surface area contributed by atoms with E-state index in [0.29, 0.717) is 5.70 Å². The van der Waals surface area contributed by atoms with Crippen molar-refractivity contribution < 1.29 is 14.4 Å². The van der Waals surface area contributed by atoms with Gasteiger partial charge in [-0.2, -0.15) is 5.53 Å². The molecule has 5 aliphatic heterocycles. The third kappa shape index (κ3) is 3.02. The predicted octanol–water partition coefficient (Wildman–Crippen LogP) is 1.28. The first-order valence-electron chi connectivity index (χ1n) is 9.88. The zero-order chi connectivity index (χ0) is 20.8. The maximum absolute atomic E-state index is 12.0. The van der Waals surface area contributed by atoms with E-state index >= 15 is 0 Å². The highest BCUT2D eigenvalue weighted by molar-refractivity contribution is 8.15. The standard InChI is InChI=1S/C16H20N9O4S/c26-24(27)10-9-11(25(28)29)14-18-19-20-23(14)12(10)13-15(21-5-1-2-6-21)17-16(30-13)22-7-3-4-8-22/h13H,1-9H2,(H,18,20)/q+1. The van der Waals surface area contributed by atoms with Crippen LogP contribution in [0.4, 0.5) is 0 Å². The van der Waals surface area contributed by atoms with Crippen molar-refractivity contribution in [2.45, 2.75) is 37.4 Å². The van der Waals surface area contributed by atoms with Crippen molar-refractivity contribution in [1.29, 1.82) is 0 Å². The fourth-order valence-electron chi connectivity index (χ4n) is 4.35. The van der Waals surface area contributed by atoms with Crippen LogP contribution < -0.4 is 5.53 Å². The lowest BCUT2D eigenvalue weighted by Crippen LogP contribution is -2.44. The minimum absolute atomic E-state index is 0.00315. The number of thioether (sulfide) groups is 1. The SMILES string of the molecule is O=[N+]([O-])C1=C2N=NNN2C(C2SC(=[N+]3CCCC3)N=C2N2CCCC2)=C([N+](=O)[O-])C1. The molecule has 14 heteroatoms. The minimum atomic E-state index is -0.631. The Morgan fingerprint density at radius 3 is 2.43 bits per heavy atom. The van der Waals surface area contributed by atoms with E-state index in [1.165, 1.54) is 16.8 Å². The van der Waals surface area contributed by atoms with E-state index < -0.39 is 21.5 Å². The zero-order valence-corrected chi connectivity index (χ0v) is 16.9. The number of nitrogens with one attached hydrogen (secondary N) is 1. The van der Waals surface area contributed by atoms with Gasteiger partial charge in [0.15, 0.2) is 0 Å². The van der Waals surface area contributed by atoms with Gasteiger partial charge in [0.25, 0.3) is 11.5 Å². The first-order chi connectivity index (χ1) is 14.5. The van der Waals surface area contributed by atoms with Crippen LogP contribution in [0.1, 0.15) is 32.1 Å². The summed E-state index contributed by atoms with van der Waals surface area (Å²) in [5, 5.41) is 32.7. The fourth-order valence-corrected chi connectivity index (χ4v) is 5.70. The van der Waals surface area contributed by atoms with Gasteiger partial charge in [-0.3, -0.25) is 24.8 Å². The van der Waals surface area contributed by atoms with Crippen molar-refractivity contribution in [2.75, 3.05) is 26.2 Å². The van der Waals surface area contributed by atoms with E-state index in [-0.39, 0.29) is 17.2 Å². The largest absolute Gasteiger partial charge is 0.357 e. The van der Waals surface area contributed by atoms with Gasteiger partial charge in [-0.05, 0) is 42.4 Å². The number of hydrogen-bond donors (Lipinski definition) is 1. The topological polar surface area (TPSA) is 145 Å². The van der Waals surface area contributed by atoms with Crippen LogP contribution in [0.3, 0.4) is 0 Å². The molecule has 5 rings (SSSR count). The summed E-state index contributed by atoms with van der Waals surface area (Å²) in [7, 11) is 0. The Kier molecular flexibility index (Phi) is 4.64. The second-order valence-corrected chi connectivity index (χ2v) is 8.64. The lowest BCUT2D eigenvalue weighted by molar-refractivity contribution is -0.503. The first-order valence-corrected chi connectivity index (χ1v) is 10.8. The molecule has 2 fully saturated rings. The molecule has 13 nitrogen and oxygen atoms in total. The number of aliphatic imine (C=N–C) groups is 1. The maximum Gasteiger partial charge on any atom is 0.357 e. The van der Waals surface area contributed by atoms with Gasteiger partial charge in [-0.15, -0.1) is 5.11 Å². The second-order valence-electron chi connectivity index (χ2n) is 7.57. The van der Waals surface area contributed by atoms with E-state index in [1.54, 1.807) is 0 Å². The monoisotopic (exact) mass is 434 g/mol. The van der Waals surface area contributed by atoms with Crippen LogP contribution in [0, 0.1) is 20.2 Å². The van der Waals surface area contributed by atoms with Crippen molar-refractivity contribution in [2.24, 2.45) is 15.3 Å². The highest BCUT2D eigenvalue weighted by Gasteiger charge is 2.52. The molecular formula is C16H20N9O4S+. The number of rotatable bonds is 3. The lowest BCUT2D eigenvalue weighted by Gasteiger charge is -2.27. The van der Waals surface area contributed by atoms with Crippen LogP contribution in [0.2, 0.25) is 0 Å². The van der Waals surface area contributed by atoms with Gasteiger partial charge in [0.1, 0.15) is 17.4 Å². The maximum atomic E-state index is 12.0. The van der Waals surface area contributed by atoms with E-state index in [0.717, 1.165) is 62.9 Å². The van der Waals surface area contributed by atoms with Crippen molar-refractivity contribution in [3.63, 3.8) is 0 Å². The number of likely N-dealkylation sites (tertiary alicyclic amines) is 1. The molecule has 0 spiro atoms. The van der Waals surface area contributed by atoms with Crippen molar-refractivity contribution >= 4 is 22.8 Å². The summed E-state index contributed by atoms with van der Waals surface area (Å²) in [5.74, 6) is 0.767. The number of hydrazine groups is 1. The molecule has 30 heavy (non-hydrogen) atoms. The summed E-state index contributed by atoms with van der Waals surface area (Å²) in [6, 6.07) is 0. The van der Waals surface area contributed by atoms with Crippen LogP contribution in [-0.2, 0) is 0 Å². The van der Waals surface area contributed by atoms with Gasteiger partial charge in [0.2, 0.25) is 5.84 Å². The van der Waals surface area contributed by atoms with Gasteiger partial charge < -0.3 is 4.90 Å². The van der Waals surface area contributed by atoms with Gasteiger partial charge in [-0.25, -0.2) is 5.01 Å². The van der Waals surface area contributed by atoms with Crippen LogP contribution >= 0.6 is 11.8 Å². The van der Waals surface area contributed by atoms with Crippen LogP contribution in [0.5, 0.6) is 0 Å². The number of hydrogen-bond acceptors (Lipinski definition) is 10. The summed E-state index contributed by atoms with van der Waals surface area (Å²) in [5.41, 5.74) is 2.36. The Labute approximate surface area is 175 Å². The van der Waals surface area contributed by atoms with Crippen LogP contribution in [0.15, 0.2) is 38.2 Å². The van der Waals surface area contributed by atoms with E-state index in [2.05, 4.69) is 25.3 Å². The molecule has 5 aliphatic rings. The summed E-state index contributed by atoms with van der Waals surface area (Å²) in [6.45, 7) is 3.51. The first kappa shape index (κ1) is 19.0. The molecule has 1 atom stereocenters. The summed E-state index contributed by atoms with van der Waals surface area (Å²) >= 11 is 1.47. The average molecular weight is 434 g/mol. The average Bonchev–Trinajstić information content (AvgIpc) is 3.52. The molecule has 0 bridgehead atoms. The molecule has 0 aromatic heterocycles. The number of nitro groups is 2. The Hall–Kier alpha value is -3.03. The molecule has 0 aliphatic carbocycles. The quantitative estimate of drug-likeness (QED) is 0.397. The minimum Gasteiger partial charge on any atom is -0.338 e. The Morgan fingerprint density at radius 1 is 1.07 bits per heavy atom. The Morgan fingerprint density at radius 2 is 1.77 bits per heavy atom. The molecule has 158 valence electrons. The molecule has 5 heterocycles. The normalized spacial score (nSPS) is 26.0. The van der Waals surface area contributed by atoms with Gasteiger partial charge >= 0.3 is 10.9 Å². The van der Waals surface area contributed by atoms with E-state index in [9.17, 15) is 20.2 Å². The highest BCUT2D eigenvalue weighted by Crippen LogP contribution is 2.41. The fraction of sp³-hybridized carbons (Fsp3) is 0.625. The molecule has 1 unspecified atom stereocenters. The third-order valence-electron chi connectivity index (χ3n) is 5.79. The smallest absolute Gasteiger partial charge is 0.338 e. The molecule has 1 N–H and O–H groups in total. The summed E-state index contributed by atoms with van der Waals surface area (Å²) in [4.78, 5) is 29.3. The van der Waals surface area contributed by atoms with Crippen LogP contribution in [0.25, 0.3) is 0 Å². The molecule has 0 aromatic carbocycles. The Balaban J connectivity index is 1.60. The molecule has 0 amide bonds. The predicted molar refractivity (Wildman–Crippen MR) is 106 cm³/mol. The van der Waals surface area contributed by atoms with E-state index in [4.69, 9.17) is 4.99 Å². The number of fused-ring (bicyclic) bond motifs is 1. The molecule has 0 radical (unpaired) electrons. The van der Waals surface area contributed by atoms with Crippen molar-refractivity contribution in [3.05, 3.63) is 43.1 Å². The molecule has 0 aromatic rings. The number of nitrogens with zero attached hydrogens (tertiary/aromatic N) is 8. The lowest BCUT2D eigenvalue weighted by atomic mass is 10.1. The Bertz CT molecular complexity index is 971. The summed E-state index contributed by atoms with van der Waals surface area (Å²) in [6.07, 6.45) is 3.86. The van der Waals surface area contributed by atoms with Gasteiger partial charge in [0.05, 0.1) is 22.9 Å². The van der Waals surface area contributed by atoms with Crippen LogP contribution in [-0.4, -0.2) is 66.8 Å². The van der Waals surface area contributed by atoms with Crippen molar-refractivity contribution in [3.8, 4) is 0 Å². The molecule has 2 saturated heterocycles. The molecule has 0 saturated carbocycles. The van der Waals surface area contributed by atoms with Crippen molar-refractivity contribution in [1.82, 2.24) is 15.4 Å². The number of amidine groups is 2. The summed E-state index contributed by atoms with van der Waals surface area (Å²) < 4.78 is 2.21. The highest BCUT2D eigenvalue weighted by atomic mass is 32.2. The van der Waals surface area contributed by atoms with Gasteiger partial charge in [-0.1, -0.05) is 5.22 Å². The third-order valence-corrected chi connectivity index (χ3v) is 7.02. The molecular weight excluding hydrogens is 414 g/mol.